The van der Waals surface area contributed by atoms with Crippen LogP contribution >= 0.6 is 27.3 Å². The molecule has 1 aliphatic carbocycles. The van der Waals surface area contributed by atoms with Crippen molar-refractivity contribution in [3.05, 3.63) is 5.51 Å². The monoisotopic (exact) mass is 261 g/mol. The first-order valence-electron chi connectivity index (χ1n) is 3.97. The lowest BCUT2D eigenvalue weighted by molar-refractivity contribution is -0.120. The molecule has 0 aromatic carbocycles. The quantitative estimate of drug-likeness (QED) is 0.827. The van der Waals surface area contributed by atoms with Crippen molar-refractivity contribution in [1.29, 1.82) is 0 Å². The number of carbonyl (C=O) groups is 1. The van der Waals surface area contributed by atoms with Crippen molar-refractivity contribution >= 4 is 38.3 Å². The first-order valence-corrected chi connectivity index (χ1v) is 5.64. The molecular weight excluding hydrogens is 254 g/mol. The van der Waals surface area contributed by atoms with Gasteiger partial charge in [0.2, 0.25) is 11.0 Å². The van der Waals surface area contributed by atoms with E-state index in [1.54, 1.807) is 5.51 Å². The van der Waals surface area contributed by atoms with E-state index < -0.39 is 0 Å². The van der Waals surface area contributed by atoms with Gasteiger partial charge in [-0.25, -0.2) is 0 Å². The minimum absolute atomic E-state index is 0.00417. The van der Waals surface area contributed by atoms with Crippen LogP contribution in [-0.2, 0) is 4.79 Å². The molecule has 1 amide bonds. The number of nitrogens with zero attached hydrogens (tertiary/aromatic N) is 2. The SMILES string of the molecule is O=C(Nc1nncs1)C1(Br)CCC1. The fourth-order valence-electron chi connectivity index (χ4n) is 1.15. The Morgan fingerprint density at radius 2 is 2.46 bits per heavy atom. The molecule has 0 spiro atoms. The van der Waals surface area contributed by atoms with E-state index in [4.69, 9.17) is 0 Å². The van der Waals surface area contributed by atoms with Crippen LogP contribution in [0, 0.1) is 0 Å². The largest absolute Gasteiger partial charge is 0.299 e. The van der Waals surface area contributed by atoms with Crippen LogP contribution in [0.1, 0.15) is 19.3 Å². The normalized spacial score (nSPS) is 19.2. The highest BCUT2D eigenvalue weighted by atomic mass is 79.9. The summed E-state index contributed by atoms with van der Waals surface area (Å²) in [5.74, 6) is -0.00417. The summed E-state index contributed by atoms with van der Waals surface area (Å²) in [5, 5.41) is 10.7. The summed E-state index contributed by atoms with van der Waals surface area (Å²) in [5.41, 5.74) is 1.59. The summed E-state index contributed by atoms with van der Waals surface area (Å²) in [7, 11) is 0. The first kappa shape index (κ1) is 9.08. The predicted molar refractivity (Wildman–Crippen MR) is 54.0 cm³/mol. The molecule has 1 aromatic heterocycles. The van der Waals surface area contributed by atoms with E-state index in [0.29, 0.717) is 5.13 Å². The van der Waals surface area contributed by atoms with E-state index in [9.17, 15) is 4.79 Å². The van der Waals surface area contributed by atoms with Crippen LogP contribution in [0.4, 0.5) is 5.13 Å². The maximum absolute atomic E-state index is 11.6. The van der Waals surface area contributed by atoms with Gasteiger partial charge in [0.25, 0.3) is 0 Å². The number of anilines is 1. The van der Waals surface area contributed by atoms with E-state index in [2.05, 4.69) is 31.4 Å². The summed E-state index contributed by atoms with van der Waals surface area (Å²) in [6.07, 6.45) is 2.91. The molecule has 1 heterocycles. The summed E-state index contributed by atoms with van der Waals surface area (Å²) >= 11 is 4.75. The molecule has 1 aromatic rings. The minimum atomic E-state index is -0.349. The van der Waals surface area contributed by atoms with Crippen molar-refractivity contribution in [1.82, 2.24) is 10.2 Å². The molecular formula is C7H8BrN3OS. The lowest BCUT2D eigenvalue weighted by Crippen LogP contribution is -2.43. The molecule has 0 atom stereocenters. The first-order chi connectivity index (χ1) is 6.21. The number of amides is 1. The van der Waals surface area contributed by atoms with Gasteiger partial charge in [0.1, 0.15) is 9.83 Å². The molecule has 0 unspecified atom stereocenters. The summed E-state index contributed by atoms with van der Waals surface area (Å²) in [4.78, 5) is 11.6. The van der Waals surface area contributed by atoms with Crippen molar-refractivity contribution in [3.63, 3.8) is 0 Å². The molecule has 0 saturated heterocycles. The molecule has 0 bridgehead atoms. The Hall–Kier alpha value is -0.490. The van der Waals surface area contributed by atoms with Crippen LogP contribution in [0.3, 0.4) is 0 Å². The Morgan fingerprint density at radius 1 is 1.69 bits per heavy atom. The topological polar surface area (TPSA) is 54.9 Å². The number of hydrogen-bond acceptors (Lipinski definition) is 4. The molecule has 70 valence electrons. The smallest absolute Gasteiger partial charge is 0.243 e. The number of rotatable bonds is 2. The third-order valence-corrected chi connectivity index (χ3v) is 3.89. The molecule has 13 heavy (non-hydrogen) atoms. The summed E-state index contributed by atoms with van der Waals surface area (Å²) in [6.45, 7) is 0. The van der Waals surface area contributed by atoms with Gasteiger partial charge in [-0.1, -0.05) is 27.3 Å². The highest BCUT2D eigenvalue weighted by molar-refractivity contribution is 9.10. The number of hydrogen-bond donors (Lipinski definition) is 1. The van der Waals surface area contributed by atoms with Gasteiger partial charge in [-0.3, -0.25) is 10.1 Å². The fourth-order valence-corrected chi connectivity index (χ4v) is 2.25. The van der Waals surface area contributed by atoms with Gasteiger partial charge in [-0.05, 0) is 19.3 Å². The zero-order valence-electron chi connectivity index (χ0n) is 6.79. The van der Waals surface area contributed by atoms with Crippen molar-refractivity contribution in [2.45, 2.75) is 23.6 Å². The van der Waals surface area contributed by atoms with Crippen molar-refractivity contribution in [2.75, 3.05) is 5.32 Å². The van der Waals surface area contributed by atoms with Crippen LogP contribution in [0.15, 0.2) is 5.51 Å². The molecule has 4 nitrogen and oxygen atoms in total. The van der Waals surface area contributed by atoms with Gasteiger partial charge in [-0.15, -0.1) is 10.2 Å². The third-order valence-electron chi connectivity index (χ3n) is 2.13. The number of nitrogens with one attached hydrogen (secondary N) is 1. The number of carbonyl (C=O) groups excluding carboxylic acids is 1. The Bertz CT molecular complexity index is 310. The van der Waals surface area contributed by atoms with Gasteiger partial charge >= 0.3 is 0 Å². The van der Waals surface area contributed by atoms with E-state index >= 15 is 0 Å². The summed E-state index contributed by atoms with van der Waals surface area (Å²) < 4.78 is -0.349. The number of halogens is 1. The molecule has 1 aliphatic rings. The zero-order valence-corrected chi connectivity index (χ0v) is 9.19. The second kappa shape index (κ2) is 3.34. The van der Waals surface area contributed by atoms with E-state index in [0.717, 1.165) is 19.3 Å². The van der Waals surface area contributed by atoms with Gasteiger partial charge in [-0.2, -0.15) is 0 Å². The van der Waals surface area contributed by atoms with Crippen molar-refractivity contribution < 1.29 is 4.79 Å². The molecule has 1 N–H and O–H groups in total. The fraction of sp³-hybridized carbons (Fsp3) is 0.571. The Kier molecular flexibility index (Phi) is 2.33. The van der Waals surface area contributed by atoms with Gasteiger partial charge in [0, 0.05) is 0 Å². The Morgan fingerprint density at radius 3 is 2.92 bits per heavy atom. The zero-order chi connectivity index (χ0) is 9.31. The number of alkyl halides is 1. The number of aromatic nitrogens is 2. The van der Waals surface area contributed by atoms with Gasteiger partial charge in [0.05, 0.1) is 0 Å². The standard InChI is InChI=1S/C7H8BrN3OS/c8-7(2-1-3-7)5(12)10-6-11-9-4-13-6/h4H,1-3H2,(H,10,11,12). The van der Waals surface area contributed by atoms with Gasteiger partial charge < -0.3 is 0 Å². The van der Waals surface area contributed by atoms with Crippen molar-refractivity contribution in [3.8, 4) is 0 Å². The maximum atomic E-state index is 11.6. The second-order valence-corrected chi connectivity index (χ2v) is 5.37. The van der Waals surface area contributed by atoms with Crippen LogP contribution in [0.5, 0.6) is 0 Å². The lowest BCUT2D eigenvalue weighted by Gasteiger charge is -2.33. The average molecular weight is 262 g/mol. The molecule has 2 rings (SSSR count). The van der Waals surface area contributed by atoms with Crippen LogP contribution < -0.4 is 5.32 Å². The van der Waals surface area contributed by atoms with Crippen LogP contribution in [0.25, 0.3) is 0 Å². The van der Waals surface area contributed by atoms with E-state index in [1.165, 1.54) is 11.3 Å². The lowest BCUT2D eigenvalue weighted by atomic mass is 9.84. The average Bonchev–Trinajstić information content (AvgIpc) is 2.52. The molecule has 6 heteroatoms. The second-order valence-electron chi connectivity index (χ2n) is 3.02. The maximum Gasteiger partial charge on any atom is 0.243 e. The van der Waals surface area contributed by atoms with E-state index in [-0.39, 0.29) is 10.2 Å². The Labute approximate surface area is 87.9 Å². The van der Waals surface area contributed by atoms with E-state index in [1.807, 2.05) is 0 Å². The molecule has 0 aliphatic heterocycles. The summed E-state index contributed by atoms with van der Waals surface area (Å²) in [6, 6.07) is 0. The third kappa shape index (κ3) is 1.73. The molecule has 1 fully saturated rings. The highest BCUT2D eigenvalue weighted by Gasteiger charge is 2.41. The molecule has 1 saturated carbocycles. The van der Waals surface area contributed by atoms with Crippen LogP contribution in [0.2, 0.25) is 0 Å². The minimum Gasteiger partial charge on any atom is -0.299 e. The van der Waals surface area contributed by atoms with Crippen molar-refractivity contribution in [2.24, 2.45) is 0 Å². The molecule has 0 radical (unpaired) electrons. The Balaban J connectivity index is 1.99. The van der Waals surface area contributed by atoms with Gasteiger partial charge in [0.15, 0.2) is 0 Å². The highest BCUT2D eigenvalue weighted by Crippen LogP contribution is 2.40. The van der Waals surface area contributed by atoms with Crippen LogP contribution in [-0.4, -0.2) is 20.4 Å². The predicted octanol–water partition coefficient (Wildman–Crippen LogP) is 1.79.